The van der Waals surface area contributed by atoms with Crippen LogP contribution in [0.25, 0.3) is 11.5 Å². The second-order valence-corrected chi connectivity index (χ2v) is 4.50. The van der Waals surface area contributed by atoms with E-state index < -0.39 is 0 Å². The van der Waals surface area contributed by atoms with Crippen molar-refractivity contribution in [3.05, 3.63) is 60.2 Å². The molecule has 0 aliphatic heterocycles. The summed E-state index contributed by atoms with van der Waals surface area (Å²) in [6.45, 7) is 0. The van der Waals surface area contributed by atoms with Gasteiger partial charge in [0.05, 0.1) is 6.42 Å². The summed E-state index contributed by atoms with van der Waals surface area (Å²) in [5, 5.41) is 10.1. The monoisotopic (exact) mass is 298 g/mol. The Morgan fingerprint density at radius 3 is 2.55 bits per heavy atom. The van der Waals surface area contributed by atoms with Gasteiger partial charge in [-0.1, -0.05) is 17.2 Å². The van der Waals surface area contributed by atoms with Gasteiger partial charge < -0.3 is 4.42 Å². The lowest BCUT2D eigenvalue weighted by Gasteiger charge is -2.00. The Bertz CT molecular complexity index is 772. The fourth-order valence-electron chi connectivity index (χ4n) is 1.84. The van der Waals surface area contributed by atoms with Crippen LogP contribution in [0, 0.1) is 5.82 Å². The molecule has 0 aliphatic carbocycles. The molecule has 110 valence electrons. The van der Waals surface area contributed by atoms with E-state index in [1.807, 2.05) is 0 Å². The molecule has 0 saturated heterocycles. The molecule has 3 aromatic rings. The highest BCUT2D eigenvalue weighted by molar-refractivity contribution is 5.90. The third-order valence-electron chi connectivity index (χ3n) is 2.88. The molecular formula is C15H11FN4O2. The molecule has 1 aromatic carbocycles. The van der Waals surface area contributed by atoms with Crippen molar-refractivity contribution in [2.75, 3.05) is 5.32 Å². The summed E-state index contributed by atoms with van der Waals surface area (Å²) in [4.78, 5) is 15.8. The topological polar surface area (TPSA) is 80.9 Å². The van der Waals surface area contributed by atoms with E-state index in [9.17, 15) is 9.18 Å². The molecule has 0 aliphatic rings. The maximum atomic E-state index is 12.8. The largest absolute Gasteiger partial charge is 0.403 e. The standard InChI is InChI=1S/C15H11FN4O2/c16-12-3-1-10(2-4-12)9-13(21)18-15-20-19-14(22-15)11-5-7-17-8-6-11/h1-8H,9H2,(H,18,20,21). The van der Waals surface area contributed by atoms with Gasteiger partial charge in [-0.2, -0.15) is 0 Å². The van der Waals surface area contributed by atoms with E-state index in [1.165, 1.54) is 12.1 Å². The van der Waals surface area contributed by atoms with Crippen LogP contribution in [0.4, 0.5) is 10.4 Å². The maximum Gasteiger partial charge on any atom is 0.322 e. The van der Waals surface area contributed by atoms with Gasteiger partial charge in [-0.3, -0.25) is 15.1 Å². The van der Waals surface area contributed by atoms with E-state index in [1.54, 1.807) is 36.7 Å². The first-order valence-electron chi connectivity index (χ1n) is 6.49. The molecule has 2 aromatic heterocycles. The van der Waals surface area contributed by atoms with Crippen LogP contribution in [0.1, 0.15) is 5.56 Å². The molecule has 0 bridgehead atoms. The summed E-state index contributed by atoms with van der Waals surface area (Å²) in [5.41, 5.74) is 1.40. The first kappa shape index (κ1) is 13.9. The number of anilines is 1. The number of rotatable bonds is 4. The van der Waals surface area contributed by atoms with Crippen molar-refractivity contribution in [1.82, 2.24) is 15.2 Å². The van der Waals surface area contributed by atoms with Gasteiger partial charge in [-0.15, -0.1) is 5.10 Å². The van der Waals surface area contributed by atoms with Gasteiger partial charge in [-0.05, 0) is 29.8 Å². The number of hydrogen-bond acceptors (Lipinski definition) is 5. The highest BCUT2D eigenvalue weighted by Gasteiger charge is 2.11. The SMILES string of the molecule is O=C(Cc1ccc(F)cc1)Nc1nnc(-c2ccncc2)o1. The number of pyridine rings is 1. The number of aromatic nitrogens is 3. The van der Waals surface area contributed by atoms with Crippen LogP contribution in [-0.2, 0) is 11.2 Å². The van der Waals surface area contributed by atoms with E-state index in [-0.39, 0.29) is 24.2 Å². The van der Waals surface area contributed by atoms with Gasteiger partial charge in [0.25, 0.3) is 0 Å². The lowest BCUT2D eigenvalue weighted by Crippen LogP contribution is -2.14. The van der Waals surface area contributed by atoms with Crippen LogP contribution in [0.3, 0.4) is 0 Å². The number of amides is 1. The van der Waals surface area contributed by atoms with Gasteiger partial charge >= 0.3 is 6.01 Å². The molecule has 2 heterocycles. The number of carbonyl (C=O) groups is 1. The van der Waals surface area contributed by atoms with E-state index in [4.69, 9.17) is 4.42 Å². The van der Waals surface area contributed by atoms with Crippen LogP contribution in [0.2, 0.25) is 0 Å². The average Bonchev–Trinajstić information content (AvgIpc) is 2.99. The van der Waals surface area contributed by atoms with Gasteiger partial charge in [0, 0.05) is 18.0 Å². The lowest BCUT2D eigenvalue weighted by atomic mass is 10.1. The molecule has 7 heteroatoms. The first-order valence-corrected chi connectivity index (χ1v) is 6.49. The second-order valence-electron chi connectivity index (χ2n) is 4.50. The molecule has 0 fully saturated rings. The Labute approximate surface area is 125 Å². The van der Waals surface area contributed by atoms with E-state index in [2.05, 4.69) is 20.5 Å². The summed E-state index contributed by atoms with van der Waals surface area (Å²) in [5.74, 6) is -0.376. The second kappa shape index (κ2) is 6.13. The highest BCUT2D eigenvalue weighted by atomic mass is 19.1. The Hall–Kier alpha value is -3.09. The van der Waals surface area contributed by atoms with Gasteiger partial charge in [0.1, 0.15) is 5.82 Å². The van der Waals surface area contributed by atoms with Crippen LogP contribution < -0.4 is 5.32 Å². The van der Waals surface area contributed by atoms with Crippen LogP contribution >= 0.6 is 0 Å². The first-order chi connectivity index (χ1) is 10.7. The summed E-state index contributed by atoms with van der Waals surface area (Å²) in [6.07, 6.45) is 3.30. The van der Waals surface area contributed by atoms with Gasteiger partial charge in [-0.25, -0.2) is 4.39 Å². The number of halogens is 1. The van der Waals surface area contributed by atoms with Crippen molar-refractivity contribution in [2.45, 2.75) is 6.42 Å². The quantitative estimate of drug-likeness (QED) is 0.800. The highest BCUT2D eigenvalue weighted by Crippen LogP contribution is 2.18. The fourth-order valence-corrected chi connectivity index (χ4v) is 1.84. The van der Waals surface area contributed by atoms with E-state index in [0.29, 0.717) is 17.0 Å². The third kappa shape index (κ3) is 3.32. The van der Waals surface area contributed by atoms with E-state index >= 15 is 0 Å². The van der Waals surface area contributed by atoms with Gasteiger partial charge in [0.15, 0.2) is 0 Å². The lowest BCUT2D eigenvalue weighted by molar-refractivity contribution is -0.115. The molecule has 0 atom stereocenters. The summed E-state index contributed by atoms with van der Waals surface area (Å²) < 4.78 is 18.2. The zero-order valence-electron chi connectivity index (χ0n) is 11.4. The van der Waals surface area contributed by atoms with Crippen LogP contribution in [-0.4, -0.2) is 21.1 Å². The average molecular weight is 298 g/mol. The van der Waals surface area contributed by atoms with Crippen LogP contribution in [0.5, 0.6) is 0 Å². The van der Waals surface area contributed by atoms with Crippen molar-refractivity contribution in [1.29, 1.82) is 0 Å². The minimum atomic E-state index is -0.344. The molecule has 0 unspecified atom stereocenters. The predicted octanol–water partition coefficient (Wildman–Crippen LogP) is 2.45. The fraction of sp³-hybridized carbons (Fsp3) is 0.0667. The smallest absolute Gasteiger partial charge is 0.322 e. The molecular weight excluding hydrogens is 287 g/mol. The Morgan fingerprint density at radius 1 is 1.09 bits per heavy atom. The van der Waals surface area contributed by atoms with Crippen molar-refractivity contribution in [2.24, 2.45) is 0 Å². The zero-order chi connectivity index (χ0) is 15.4. The number of nitrogens with one attached hydrogen (secondary N) is 1. The molecule has 0 radical (unpaired) electrons. The van der Waals surface area contributed by atoms with Crippen molar-refractivity contribution < 1.29 is 13.6 Å². The Balaban J connectivity index is 1.65. The summed E-state index contributed by atoms with van der Waals surface area (Å²) in [7, 11) is 0. The summed E-state index contributed by atoms with van der Waals surface area (Å²) >= 11 is 0. The molecule has 0 spiro atoms. The molecule has 0 saturated carbocycles. The van der Waals surface area contributed by atoms with Crippen molar-refractivity contribution in [3.8, 4) is 11.5 Å². The molecule has 22 heavy (non-hydrogen) atoms. The molecule has 6 nitrogen and oxygen atoms in total. The predicted molar refractivity (Wildman–Crippen MR) is 76.3 cm³/mol. The van der Waals surface area contributed by atoms with Crippen molar-refractivity contribution in [3.63, 3.8) is 0 Å². The normalized spacial score (nSPS) is 10.4. The van der Waals surface area contributed by atoms with Crippen molar-refractivity contribution >= 4 is 11.9 Å². The van der Waals surface area contributed by atoms with E-state index in [0.717, 1.165) is 0 Å². The van der Waals surface area contributed by atoms with Crippen LogP contribution in [0.15, 0.2) is 53.2 Å². The van der Waals surface area contributed by atoms with Gasteiger partial charge in [0.2, 0.25) is 11.8 Å². The molecule has 1 N–H and O–H groups in total. The number of benzene rings is 1. The zero-order valence-corrected chi connectivity index (χ0v) is 11.4. The Morgan fingerprint density at radius 2 is 1.82 bits per heavy atom. The maximum absolute atomic E-state index is 12.8. The number of nitrogens with zero attached hydrogens (tertiary/aromatic N) is 3. The number of hydrogen-bond donors (Lipinski definition) is 1. The number of carbonyl (C=O) groups excluding carboxylic acids is 1. The minimum absolute atomic E-state index is 0.0129. The third-order valence-corrected chi connectivity index (χ3v) is 2.88. The molecule has 1 amide bonds. The summed E-state index contributed by atoms with van der Waals surface area (Å²) in [6, 6.07) is 9.15. The Kier molecular flexibility index (Phi) is 3.86. The minimum Gasteiger partial charge on any atom is -0.403 e. The molecule has 3 rings (SSSR count).